The van der Waals surface area contributed by atoms with Gasteiger partial charge in [0, 0.05) is 11.1 Å². The molecule has 0 aliphatic carbocycles. The molecule has 0 aliphatic rings. The van der Waals surface area contributed by atoms with Gasteiger partial charge in [0.1, 0.15) is 11.5 Å². The van der Waals surface area contributed by atoms with Crippen molar-refractivity contribution < 1.29 is 10.2 Å². The number of phenols is 2. The van der Waals surface area contributed by atoms with E-state index >= 15 is 0 Å². The monoisotopic (exact) mass is 334 g/mol. The number of hydrogen-bond donors (Lipinski definition) is 2. The molecule has 0 unspecified atom stereocenters. The predicted octanol–water partition coefficient (Wildman–Crippen LogP) is 6.81. The first kappa shape index (κ1) is 20.9. The maximum atomic E-state index is 11.0. The zero-order valence-corrected chi connectivity index (χ0v) is 16.7. The quantitative estimate of drug-likeness (QED) is 0.364. The standard InChI is InChI=1S/C22H38O2/c1-7-9-11-13-21(3,4)18-15-17(23)16-19(20(18)24)22(5,6)14-12-10-8-2/h15-16,23-24H,7-14H2,1-6H3. The Morgan fingerprint density at radius 3 is 1.42 bits per heavy atom. The van der Waals surface area contributed by atoms with Gasteiger partial charge in [0.05, 0.1) is 0 Å². The smallest absolute Gasteiger partial charge is 0.123 e. The van der Waals surface area contributed by atoms with E-state index in [2.05, 4.69) is 41.5 Å². The van der Waals surface area contributed by atoms with Crippen LogP contribution in [0, 0.1) is 0 Å². The second kappa shape index (κ2) is 8.78. The summed E-state index contributed by atoms with van der Waals surface area (Å²) in [6.07, 6.45) is 9.13. The summed E-state index contributed by atoms with van der Waals surface area (Å²) in [6, 6.07) is 3.51. The minimum atomic E-state index is -0.133. The van der Waals surface area contributed by atoms with Gasteiger partial charge in [-0.1, -0.05) is 80.1 Å². The normalized spacial score (nSPS) is 12.6. The highest BCUT2D eigenvalue weighted by atomic mass is 16.3. The molecule has 0 heterocycles. The maximum Gasteiger partial charge on any atom is 0.123 e. The van der Waals surface area contributed by atoms with Gasteiger partial charge >= 0.3 is 0 Å². The summed E-state index contributed by atoms with van der Waals surface area (Å²) in [5.41, 5.74) is 1.51. The Morgan fingerprint density at radius 2 is 1.08 bits per heavy atom. The summed E-state index contributed by atoms with van der Waals surface area (Å²) >= 11 is 0. The number of aromatic hydroxyl groups is 2. The van der Waals surface area contributed by atoms with Gasteiger partial charge in [0.2, 0.25) is 0 Å². The van der Waals surface area contributed by atoms with Crippen molar-refractivity contribution in [1.29, 1.82) is 0 Å². The molecule has 2 heteroatoms. The van der Waals surface area contributed by atoms with E-state index in [1.807, 2.05) is 0 Å². The Labute approximate surface area is 149 Å². The third kappa shape index (κ3) is 5.43. The third-order valence-electron chi connectivity index (χ3n) is 5.36. The highest BCUT2D eigenvalue weighted by Crippen LogP contribution is 2.44. The summed E-state index contributed by atoms with van der Waals surface area (Å²) in [6.45, 7) is 13.1. The third-order valence-corrected chi connectivity index (χ3v) is 5.36. The van der Waals surface area contributed by atoms with Gasteiger partial charge in [0.25, 0.3) is 0 Å². The van der Waals surface area contributed by atoms with Gasteiger partial charge in [-0.15, -0.1) is 0 Å². The molecule has 0 bridgehead atoms. The summed E-state index contributed by atoms with van der Waals surface area (Å²) in [7, 11) is 0. The molecule has 0 atom stereocenters. The number of rotatable bonds is 10. The molecule has 0 saturated carbocycles. The summed E-state index contributed by atoms with van der Waals surface area (Å²) in [5, 5.41) is 21.3. The fraction of sp³-hybridized carbons (Fsp3) is 0.727. The van der Waals surface area contributed by atoms with Crippen LogP contribution in [0.3, 0.4) is 0 Å². The average Bonchev–Trinajstić information content (AvgIpc) is 2.49. The van der Waals surface area contributed by atoms with Crippen molar-refractivity contribution in [3.8, 4) is 11.5 Å². The van der Waals surface area contributed by atoms with Crippen molar-refractivity contribution in [3.05, 3.63) is 23.3 Å². The lowest BCUT2D eigenvalue weighted by Gasteiger charge is -2.32. The molecular weight excluding hydrogens is 296 g/mol. The zero-order chi connectivity index (χ0) is 18.4. The summed E-state index contributed by atoms with van der Waals surface area (Å²) < 4.78 is 0. The molecule has 2 N–H and O–H groups in total. The summed E-state index contributed by atoms with van der Waals surface area (Å²) in [4.78, 5) is 0. The largest absolute Gasteiger partial charge is 0.508 e. The number of unbranched alkanes of at least 4 members (excludes halogenated alkanes) is 4. The Balaban J connectivity index is 3.15. The van der Waals surface area contributed by atoms with Crippen LogP contribution in [0.5, 0.6) is 11.5 Å². The Kier molecular flexibility index (Phi) is 7.63. The van der Waals surface area contributed by atoms with Crippen LogP contribution in [0.1, 0.15) is 104 Å². The molecular formula is C22H38O2. The van der Waals surface area contributed by atoms with Crippen molar-refractivity contribution in [2.45, 2.75) is 104 Å². The first-order valence-electron chi connectivity index (χ1n) is 9.72. The zero-order valence-electron chi connectivity index (χ0n) is 16.7. The highest BCUT2D eigenvalue weighted by Gasteiger charge is 2.31. The van der Waals surface area contributed by atoms with E-state index in [1.165, 1.54) is 25.7 Å². The van der Waals surface area contributed by atoms with Crippen molar-refractivity contribution in [3.63, 3.8) is 0 Å². The van der Waals surface area contributed by atoms with Gasteiger partial charge in [-0.2, -0.15) is 0 Å². The minimum Gasteiger partial charge on any atom is -0.508 e. The van der Waals surface area contributed by atoms with E-state index in [4.69, 9.17) is 0 Å². The lowest BCUT2D eigenvalue weighted by atomic mass is 9.74. The van der Waals surface area contributed by atoms with Gasteiger partial charge in [-0.25, -0.2) is 0 Å². The Hall–Kier alpha value is -1.18. The fourth-order valence-electron chi connectivity index (χ4n) is 3.55. The molecule has 1 rings (SSSR count). The van der Waals surface area contributed by atoms with Crippen molar-refractivity contribution in [2.24, 2.45) is 0 Å². The van der Waals surface area contributed by atoms with Crippen molar-refractivity contribution in [1.82, 2.24) is 0 Å². The summed E-state index contributed by atoms with van der Waals surface area (Å²) in [5.74, 6) is 0.653. The van der Waals surface area contributed by atoms with E-state index in [9.17, 15) is 10.2 Å². The molecule has 24 heavy (non-hydrogen) atoms. The topological polar surface area (TPSA) is 40.5 Å². The van der Waals surface area contributed by atoms with Gasteiger partial charge in [-0.05, 0) is 35.8 Å². The Morgan fingerprint density at radius 1 is 0.708 bits per heavy atom. The SMILES string of the molecule is CCCCCC(C)(C)c1cc(O)cc(C(C)(C)CCCCC)c1O. The lowest BCUT2D eigenvalue weighted by Crippen LogP contribution is -2.22. The predicted molar refractivity (Wildman–Crippen MR) is 104 cm³/mol. The molecule has 0 aromatic heterocycles. The molecule has 1 aromatic carbocycles. The molecule has 138 valence electrons. The fourth-order valence-corrected chi connectivity index (χ4v) is 3.55. The van der Waals surface area contributed by atoms with Crippen LogP contribution in [0.25, 0.3) is 0 Å². The van der Waals surface area contributed by atoms with Crippen LogP contribution in [-0.2, 0) is 10.8 Å². The maximum absolute atomic E-state index is 11.0. The number of phenolic OH excluding ortho intramolecular Hbond substituents is 2. The van der Waals surface area contributed by atoms with Crippen molar-refractivity contribution >= 4 is 0 Å². The molecule has 0 amide bonds. The van der Waals surface area contributed by atoms with Crippen molar-refractivity contribution in [2.75, 3.05) is 0 Å². The first-order valence-corrected chi connectivity index (χ1v) is 9.72. The molecule has 0 aliphatic heterocycles. The van der Waals surface area contributed by atoms with Crippen LogP contribution in [0.15, 0.2) is 12.1 Å². The van der Waals surface area contributed by atoms with E-state index in [1.54, 1.807) is 12.1 Å². The average molecular weight is 335 g/mol. The van der Waals surface area contributed by atoms with E-state index < -0.39 is 0 Å². The van der Waals surface area contributed by atoms with Crippen LogP contribution in [-0.4, -0.2) is 10.2 Å². The van der Waals surface area contributed by atoms with Gasteiger partial charge in [-0.3, -0.25) is 0 Å². The van der Waals surface area contributed by atoms with Gasteiger partial charge < -0.3 is 10.2 Å². The second-order valence-corrected chi connectivity index (χ2v) is 8.57. The van der Waals surface area contributed by atoms with E-state index in [-0.39, 0.29) is 16.6 Å². The Bertz CT molecular complexity index is 472. The van der Waals surface area contributed by atoms with E-state index in [0.29, 0.717) is 5.75 Å². The van der Waals surface area contributed by atoms with Crippen LogP contribution in [0.2, 0.25) is 0 Å². The molecule has 0 spiro atoms. The molecule has 1 aromatic rings. The van der Waals surface area contributed by atoms with Crippen LogP contribution < -0.4 is 0 Å². The first-order chi connectivity index (χ1) is 11.2. The van der Waals surface area contributed by atoms with Gasteiger partial charge in [0.15, 0.2) is 0 Å². The van der Waals surface area contributed by atoms with E-state index in [0.717, 1.165) is 36.8 Å². The molecule has 0 radical (unpaired) electrons. The highest BCUT2D eigenvalue weighted by molar-refractivity contribution is 5.52. The molecule has 0 saturated heterocycles. The molecule has 2 nitrogen and oxygen atoms in total. The number of benzene rings is 1. The van der Waals surface area contributed by atoms with Crippen LogP contribution in [0.4, 0.5) is 0 Å². The second-order valence-electron chi connectivity index (χ2n) is 8.57. The molecule has 0 fully saturated rings. The number of hydrogen-bond acceptors (Lipinski definition) is 2. The lowest BCUT2D eigenvalue weighted by molar-refractivity contribution is 0.374. The van der Waals surface area contributed by atoms with Crippen LogP contribution >= 0.6 is 0 Å². The minimum absolute atomic E-state index is 0.133.